The Morgan fingerprint density at radius 2 is 1.80 bits per heavy atom. The number of methoxy groups -OCH3 is 1. The van der Waals surface area contributed by atoms with Crippen LogP contribution in [-0.2, 0) is 16.0 Å². The van der Waals surface area contributed by atoms with Crippen molar-refractivity contribution in [2.45, 2.75) is 26.2 Å². The molecule has 0 atom stereocenters. The molecule has 10 nitrogen and oxygen atoms in total. The number of carbonyl (C=O) groups excluding carboxylic acids is 2. The maximum atomic E-state index is 15.1. The number of carbonyl (C=O) groups is 2. The van der Waals surface area contributed by atoms with Gasteiger partial charge in [-0.25, -0.2) is 14.4 Å². The summed E-state index contributed by atoms with van der Waals surface area (Å²) in [5, 5.41) is 5.52. The van der Waals surface area contributed by atoms with Crippen molar-refractivity contribution in [1.29, 1.82) is 0 Å². The maximum absolute atomic E-state index is 15.1. The van der Waals surface area contributed by atoms with Crippen molar-refractivity contribution in [3.8, 4) is 23.1 Å². The van der Waals surface area contributed by atoms with E-state index in [0.29, 0.717) is 47.9 Å². The molecule has 4 aromatic rings. The van der Waals surface area contributed by atoms with E-state index in [1.54, 1.807) is 19.2 Å². The lowest BCUT2D eigenvalue weighted by molar-refractivity contribution is -0.136. The van der Waals surface area contributed by atoms with Crippen LogP contribution in [0.25, 0.3) is 10.9 Å². The van der Waals surface area contributed by atoms with Crippen molar-refractivity contribution >= 4 is 28.4 Å². The van der Waals surface area contributed by atoms with E-state index >= 15 is 4.39 Å². The summed E-state index contributed by atoms with van der Waals surface area (Å²) >= 11 is 0. The van der Waals surface area contributed by atoms with Crippen LogP contribution in [0, 0.1) is 18.7 Å². The van der Waals surface area contributed by atoms with Crippen LogP contribution in [-0.4, -0.2) is 67.1 Å². The maximum Gasteiger partial charge on any atom is 0.313 e. The molecule has 0 spiro atoms. The summed E-state index contributed by atoms with van der Waals surface area (Å²) in [5.41, 5.74) is 2.84. The smallest absolute Gasteiger partial charge is 0.313 e. The number of hydrogen-bond acceptors (Lipinski definition) is 8. The van der Waals surface area contributed by atoms with Crippen molar-refractivity contribution < 1.29 is 28.2 Å². The predicted octanol–water partition coefficient (Wildman–Crippen LogP) is 4.90. The SMILES string of the molecule is COc1cc2c(Oc3ccc(NC(=O)C(=O)NCCc4ccccc4C)cc3F)ncnc2cc1OCC1CCN(C)CC1. The molecule has 0 bridgehead atoms. The van der Waals surface area contributed by atoms with Gasteiger partial charge in [-0.1, -0.05) is 24.3 Å². The Balaban J connectivity index is 1.21. The van der Waals surface area contributed by atoms with Crippen molar-refractivity contribution in [1.82, 2.24) is 20.2 Å². The third kappa shape index (κ3) is 7.59. The van der Waals surface area contributed by atoms with Crippen LogP contribution >= 0.6 is 0 Å². The van der Waals surface area contributed by atoms with E-state index in [0.717, 1.165) is 43.1 Å². The number of aryl methyl sites for hydroxylation is 1. The molecular formula is C33H36FN5O5. The van der Waals surface area contributed by atoms with Crippen LogP contribution < -0.4 is 24.8 Å². The molecule has 0 aliphatic carbocycles. The van der Waals surface area contributed by atoms with Gasteiger partial charge >= 0.3 is 11.8 Å². The normalized spacial score (nSPS) is 13.8. The molecule has 2 N–H and O–H groups in total. The van der Waals surface area contributed by atoms with Crippen LogP contribution in [0.5, 0.6) is 23.1 Å². The number of fused-ring (bicyclic) bond motifs is 1. The molecule has 1 aromatic heterocycles. The fourth-order valence-electron chi connectivity index (χ4n) is 5.07. The van der Waals surface area contributed by atoms with Crippen molar-refractivity contribution in [3.05, 3.63) is 77.9 Å². The number of hydrogen-bond donors (Lipinski definition) is 2. The molecule has 44 heavy (non-hydrogen) atoms. The average Bonchev–Trinajstić information content (AvgIpc) is 3.02. The highest BCUT2D eigenvalue weighted by molar-refractivity contribution is 6.39. The molecule has 0 saturated carbocycles. The number of rotatable bonds is 10. The van der Waals surface area contributed by atoms with E-state index in [1.807, 2.05) is 31.2 Å². The standard InChI is InChI=1S/C33H36FN5O5/c1-21-6-4-5-7-23(21)10-13-35-31(40)32(41)38-24-8-9-28(26(34)16-24)44-33-25-17-29(42-3)30(18-27(25)36-20-37-33)43-19-22-11-14-39(2)15-12-22/h4-9,16-18,20,22H,10-15,19H2,1-3H3,(H,35,40)(H,38,41). The van der Waals surface area contributed by atoms with Crippen LogP contribution in [0.15, 0.2) is 60.9 Å². The zero-order chi connectivity index (χ0) is 31.1. The first kappa shape index (κ1) is 30.7. The van der Waals surface area contributed by atoms with Crippen LogP contribution in [0.4, 0.5) is 10.1 Å². The summed E-state index contributed by atoms with van der Waals surface area (Å²) in [4.78, 5) is 35.5. The number of ether oxygens (including phenoxy) is 3. The lowest BCUT2D eigenvalue weighted by Gasteiger charge is -2.28. The Labute approximate surface area is 255 Å². The molecule has 1 aliphatic rings. The van der Waals surface area contributed by atoms with E-state index in [9.17, 15) is 9.59 Å². The quantitative estimate of drug-likeness (QED) is 0.247. The topological polar surface area (TPSA) is 115 Å². The van der Waals surface area contributed by atoms with E-state index in [4.69, 9.17) is 14.2 Å². The van der Waals surface area contributed by atoms with E-state index in [1.165, 1.54) is 18.5 Å². The summed E-state index contributed by atoms with van der Waals surface area (Å²) in [7, 11) is 3.67. The van der Waals surface area contributed by atoms with Gasteiger partial charge in [0.2, 0.25) is 5.88 Å². The van der Waals surface area contributed by atoms with Gasteiger partial charge in [0.05, 0.1) is 24.6 Å². The summed E-state index contributed by atoms with van der Waals surface area (Å²) < 4.78 is 32.6. The summed E-state index contributed by atoms with van der Waals surface area (Å²) in [6.07, 6.45) is 4.06. The van der Waals surface area contributed by atoms with Crippen molar-refractivity contribution in [2.75, 3.05) is 45.7 Å². The van der Waals surface area contributed by atoms with Gasteiger partial charge < -0.3 is 29.7 Å². The van der Waals surface area contributed by atoms with Gasteiger partial charge in [-0.3, -0.25) is 9.59 Å². The second-order valence-corrected chi connectivity index (χ2v) is 10.9. The minimum absolute atomic E-state index is 0.106. The first-order valence-electron chi connectivity index (χ1n) is 14.6. The number of aromatic nitrogens is 2. The summed E-state index contributed by atoms with van der Waals surface area (Å²) in [6.45, 7) is 4.95. The molecule has 0 unspecified atom stereocenters. The Morgan fingerprint density at radius 3 is 2.55 bits per heavy atom. The largest absolute Gasteiger partial charge is 0.493 e. The number of halogens is 1. The van der Waals surface area contributed by atoms with Gasteiger partial charge in [0.15, 0.2) is 23.1 Å². The molecule has 230 valence electrons. The fraction of sp³-hybridized carbons (Fsp3) is 0.333. The van der Waals surface area contributed by atoms with Gasteiger partial charge in [-0.05, 0) is 81.6 Å². The van der Waals surface area contributed by atoms with Gasteiger partial charge in [0.25, 0.3) is 0 Å². The highest BCUT2D eigenvalue weighted by atomic mass is 19.1. The monoisotopic (exact) mass is 601 g/mol. The molecule has 1 fully saturated rings. The second-order valence-electron chi connectivity index (χ2n) is 10.9. The summed E-state index contributed by atoms with van der Waals surface area (Å²) in [6, 6.07) is 15.2. The predicted molar refractivity (Wildman–Crippen MR) is 165 cm³/mol. The van der Waals surface area contributed by atoms with Gasteiger partial charge in [-0.2, -0.15) is 0 Å². The zero-order valence-corrected chi connectivity index (χ0v) is 25.1. The molecule has 11 heteroatoms. The Kier molecular flexibility index (Phi) is 9.86. The molecule has 3 aromatic carbocycles. The number of nitrogens with zero attached hydrogens (tertiary/aromatic N) is 3. The number of anilines is 1. The third-order valence-corrected chi connectivity index (χ3v) is 7.74. The minimum Gasteiger partial charge on any atom is -0.493 e. The van der Waals surface area contributed by atoms with Crippen LogP contribution in [0.2, 0.25) is 0 Å². The molecule has 5 rings (SSSR count). The average molecular weight is 602 g/mol. The van der Waals surface area contributed by atoms with Gasteiger partial charge in [0, 0.05) is 24.4 Å². The number of nitrogens with one attached hydrogen (secondary N) is 2. The summed E-state index contributed by atoms with van der Waals surface area (Å²) in [5.74, 6) is -0.938. The van der Waals surface area contributed by atoms with E-state index in [-0.39, 0.29) is 17.3 Å². The number of likely N-dealkylation sites (tertiary alicyclic amines) is 1. The van der Waals surface area contributed by atoms with Crippen LogP contribution in [0.3, 0.4) is 0 Å². The molecular weight excluding hydrogens is 565 g/mol. The Morgan fingerprint density at radius 1 is 1.00 bits per heavy atom. The highest BCUT2D eigenvalue weighted by Crippen LogP contribution is 2.37. The number of amides is 2. The van der Waals surface area contributed by atoms with E-state index in [2.05, 4.69) is 32.5 Å². The molecule has 1 aliphatic heterocycles. The minimum atomic E-state index is -0.898. The van der Waals surface area contributed by atoms with E-state index < -0.39 is 17.6 Å². The Hall–Kier alpha value is -4.77. The first-order valence-corrected chi connectivity index (χ1v) is 14.6. The fourth-order valence-corrected chi connectivity index (χ4v) is 5.07. The zero-order valence-electron chi connectivity index (χ0n) is 25.1. The first-order chi connectivity index (χ1) is 21.3. The molecule has 1 saturated heterocycles. The lowest BCUT2D eigenvalue weighted by Crippen LogP contribution is -2.36. The lowest BCUT2D eigenvalue weighted by atomic mass is 9.98. The molecule has 0 radical (unpaired) electrons. The third-order valence-electron chi connectivity index (χ3n) is 7.74. The Bertz CT molecular complexity index is 1640. The van der Waals surface area contributed by atoms with Gasteiger partial charge in [0.1, 0.15) is 6.33 Å². The molecule has 2 heterocycles. The van der Waals surface area contributed by atoms with Gasteiger partial charge in [-0.15, -0.1) is 0 Å². The van der Waals surface area contributed by atoms with Crippen LogP contribution in [0.1, 0.15) is 24.0 Å². The molecule has 2 amide bonds. The number of benzene rings is 3. The van der Waals surface area contributed by atoms with Crippen molar-refractivity contribution in [2.24, 2.45) is 5.92 Å². The second kappa shape index (κ2) is 14.1. The van der Waals surface area contributed by atoms with Crippen molar-refractivity contribution in [3.63, 3.8) is 0 Å². The highest BCUT2D eigenvalue weighted by Gasteiger charge is 2.20. The number of piperidine rings is 1.